The first-order valence-corrected chi connectivity index (χ1v) is 10.9. The van der Waals surface area contributed by atoms with E-state index >= 15 is 0 Å². The molecule has 4 rings (SSSR count). The molecule has 0 bridgehead atoms. The van der Waals surface area contributed by atoms with E-state index < -0.39 is 11.9 Å². The highest BCUT2D eigenvalue weighted by Gasteiger charge is 2.33. The molecule has 8 heteroatoms. The standard InChI is InChI=1S/C26H25N3O5/c1-15(26(33)34-3)27-24(31)16(2)29-14-22-20(5-4-6-21(22)25(29)32)18-9-11-19(12-10-18)28-23(30)13-17-7-8-17/h4-6,9-12,17H,1-2,7-8,13-14H2,3H3,(H,27,31)(H,28,30). The number of benzene rings is 2. The number of carbonyl (C=O) groups is 4. The third kappa shape index (κ3) is 4.76. The van der Waals surface area contributed by atoms with E-state index in [2.05, 4.69) is 28.5 Å². The van der Waals surface area contributed by atoms with Crippen molar-refractivity contribution < 1.29 is 23.9 Å². The monoisotopic (exact) mass is 459 g/mol. The molecule has 2 N–H and O–H groups in total. The number of carbonyl (C=O) groups excluding carboxylic acids is 4. The number of hydrogen-bond donors (Lipinski definition) is 2. The van der Waals surface area contributed by atoms with Gasteiger partial charge in [0.25, 0.3) is 11.8 Å². The number of amides is 3. The van der Waals surface area contributed by atoms with Crippen molar-refractivity contribution in [2.24, 2.45) is 5.92 Å². The normalized spacial score (nSPS) is 14.3. The molecule has 0 aromatic heterocycles. The zero-order chi connectivity index (χ0) is 24.4. The fourth-order valence-electron chi connectivity index (χ4n) is 3.86. The van der Waals surface area contributed by atoms with Crippen molar-refractivity contribution in [2.75, 3.05) is 12.4 Å². The zero-order valence-electron chi connectivity index (χ0n) is 18.8. The summed E-state index contributed by atoms with van der Waals surface area (Å²) >= 11 is 0. The third-order valence-corrected chi connectivity index (χ3v) is 5.90. The molecule has 2 aromatic rings. The summed E-state index contributed by atoms with van der Waals surface area (Å²) in [5.41, 5.74) is 3.32. The van der Waals surface area contributed by atoms with Crippen molar-refractivity contribution in [3.63, 3.8) is 0 Å². The zero-order valence-corrected chi connectivity index (χ0v) is 18.8. The molecule has 8 nitrogen and oxygen atoms in total. The van der Waals surface area contributed by atoms with Crippen molar-refractivity contribution in [3.8, 4) is 11.1 Å². The van der Waals surface area contributed by atoms with Gasteiger partial charge in [0.2, 0.25) is 5.91 Å². The summed E-state index contributed by atoms with van der Waals surface area (Å²) < 4.78 is 4.52. The average Bonchev–Trinajstić information content (AvgIpc) is 3.58. The largest absolute Gasteiger partial charge is 0.464 e. The lowest BCUT2D eigenvalue weighted by Crippen LogP contribution is -2.36. The van der Waals surface area contributed by atoms with Crippen LogP contribution in [0.1, 0.15) is 35.2 Å². The lowest BCUT2D eigenvalue weighted by Gasteiger charge is -2.18. The van der Waals surface area contributed by atoms with Gasteiger partial charge in [-0.25, -0.2) is 4.79 Å². The number of nitrogens with one attached hydrogen (secondary N) is 2. The first-order chi connectivity index (χ1) is 16.3. The number of nitrogens with zero attached hydrogens (tertiary/aromatic N) is 1. The summed E-state index contributed by atoms with van der Waals surface area (Å²) in [5.74, 6) is -1.33. The molecule has 1 fully saturated rings. The molecular formula is C26H25N3O5. The van der Waals surface area contributed by atoms with E-state index in [1.807, 2.05) is 30.3 Å². The molecule has 174 valence electrons. The molecule has 2 aliphatic rings. The molecular weight excluding hydrogens is 434 g/mol. The van der Waals surface area contributed by atoms with E-state index in [1.54, 1.807) is 12.1 Å². The fraction of sp³-hybridized carbons (Fsp3) is 0.231. The number of rotatable bonds is 8. The Morgan fingerprint density at radius 2 is 1.74 bits per heavy atom. The van der Waals surface area contributed by atoms with Gasteiger partial charge in [0.1, 0.15) is 11.4 Å². The quantitative estimate of drug-likeness (QED) is 0.465. The van der Waals surface area contributed by atoms with Crippen LogP contribution in [-0.2, 0) is 25.7 Å². The summed E-state index contributed by atoms with van der Waals surface area (Å²) in [6.45, 7) is 7.34. The third-order valence-electron chi connectivity index (χ3n) is 5.90. The number of esters is 1. The molecule has 3 amide bonds. The van der Waals surface area contributed by atoms with Crippen LogP contribution in [0.3, 0.4) is 0 Å². The van der Waals surface area contributed by atoms with Gasteiger partial charge in [-0.15, -0.1) is 0 Å². The van der Waals surface area contributed by atoms with Crippen LogP contribution in [0.5, 0.6) is 0 Å². The maximum atomic E-state index is 13.0. The minimum atomic E-state index is -0.786. The van der Waals surface area contributed by atoms with E-state index in [1.165, 1.54) is 12.0 Å². The molecule has 34 heavy (non-hydrogen) atoms. The van der Waals surface area contributed by atoms with Gasteiger partial charge >= 0.3 is 5.97 Å². The average molecular weight is 460 g/mol. The number of anilines is 1. The molecule has 0 spiro atoms. The van der Waals surface area contributed by atoms with Crippen LogP contribution < -0.4 is 10.6 Å². The minimum absolute atomic E-state index is 0.0174. The van der Waals surface area contributed by atoms with Gasteiger partial charge < -0.3 is 15.4 Å². The van der Waals surface area contributed by atoms with Crippen LogP contribution in [0.2, 0.25) is 0 Å². The lowest BCUT2D eigenvalue weighted by atomic mass is 9.97. The molecule has 0 radical (unpaired) electrons. The second kappa shape index (κ2) is 9.35. The molecule has 1 aliphatic carbocycles. The highest BCUT2D eigenvalue weighted by atomic mass is 16.5. The Morgan fingerprint density at radius 1 is 1.06 bits per heavy atom. The minimum Gasteiger partial charge on any atom is -0.464 e. The van der Waals surface area contributed by atoms with E-state index in [4.69, 9.17) is 0 Å². The van der Waals surface area contributed by atoms with Gasteiger partial charge in [-0.2, -0.15) is 0 Å². The van der Waals surface area contributed by atoms with Crippen LogP contribution in [0.25, 0.3) is 11.1 Å². The SMILES string of the molecule is C=C(NC(=O)C(=C)N1Cc2c(cccc2-c2ccc(NC(=O)CC3CC3)cc2)C1=O)C(=O)OC. The first-order valence-electron chi connectivity index (χ1n) is 10.9. The van der Waals surface area contributed by atoms with E-state index in [0.717, 1.165) is 35.2 Å². The molecule has 1 saturated carbocycles. The molecule has 1 aliphatic heterocycles. The second-order valence-electron chi connectivity index (χ2n) is 8.37. The summed E-state index contributed by atoms with van der Waals surface area (Å²) in [7, 11) is 1.17. The maximum Gasteiger partial charge on any atom is 0.353 e. The predicted octanol–water partition coefficient (Wildman–Crippen LogP) is 3.36. The summed E-state index contributed by atoms with van der Waals surface area (Å²) in [6, 6.07) is 12.8. The molecule has 0 atom stereocenters. The van der Waals surface area contributed by atoms with E-state index in [0.29, 0.717) is 17.9 Å². The number of fused-ring (bicyclic) bond motifs is 1. The molecule has 0 unspecified atom stereocenters. The Labute approximate surface area is 197 Å². The fourth-order valence-corrected chi connectivity index (χ4v) is 3.86. The van der Waals surface area contributed by atoms with Crippen LogP contribution in [0, 0.1) is 5.92 Å². The van der Waals surface area contributed by atoms with Gasteiger partial charge in [-0.05, 0) is 53.6 Å². The van der Waals surface area contributed by atoms with Crippen LogP contribution in [0.4, 0.5) is 5.69 Å². The highest BCUT2D eigenvalue weighted by Crippen LogP contribution is 2.35. The Morgan fingerprint density at radius 3 is 2.38 bits per heavy atom. The predicted molar refractivity (Wildman–Crippen MR) is 126 cm³/mol. The van der Waals surface area contributed by atoms with Gasteiger partial charge in [0.05, 0.1) is 13.7 Å². The van der Waals surface area contributed by atoms with Crippen LogP contribution in [-0.4, -0.2) is 35.7 Å². The van der Waals surface area contributed by atoms with Gasteiger partial charge in [-0.1, -0.05) is 37.4 Å². The highest BCUT2D eigenvalue weighted by molar-refractivity contribution is 6.07. The Kier molecular flexibility index (Phi) is 6.32. The van der Waals surface area contributed by atoms with Crippen LogP contribution >= 0.6 is 0 Å². The molecule has 2 aromatic carbocycles. The lowest BCUT2D eigenvalue weighted by molar-refractivity contribution is -0.137. The molecule has 0 saturated heterocycles. The number of methoxy groups -OCH3 is 1. The van der Waals surface area contributed by atoms with Crippen molar-refractivity contribution in [3.05, 3.63) is 78.1 Å². The number of ether oxygens (including phenoxy) is 1. The first kappa shape index (κ1) is 23.0. The van der Waals surface area contributed by atoms with Gasteiger partial charge in [-0.3, -0.25) is 19.3 Å². The van der Waals surface area contributed by atoms with Crippen molar-refractivity contribution >= 4 is 29.4 Å². The van der Waals surface area contributed by atoms with Crippen molar-refractivity contribution in [2.45, 2.75) is 25.8 Å². The second-order valence-corrected chi connectivity index (χ2v) is 8.37. The smallest absolute Gasteiger partial charge is 0.353 e. The van der Waals surface area contributed by atoms with Crippen molar-refractivity contribution in [1.29, 1.82) is 0 Å². The van der Waals surface area contributed by atoms with Gasteiger partial charge in [0.15, 0.2) is 0 Å². The molecule has 1 heterocycles. The van der Waals surface area contributed by atoms with E-state index in [9.17, 15) is 19.2 Å². The Hall–Kier alpha value is -4.20. The van der Waals surface area contributed by atoms with Gasteiger partial charge in [0, 0.05) is 17.7 Å². The summed E-state index contributed by atoms with van der Waals surface area (Å²) in [4.78, 5) is 50.3. The topological polar surface area (TPSA) is 105 Å². The van der Waals surface area contributed by atoms with Crippen molar-refractivity contribution in [1.82, 2.24) is 10.2 Å². The number of hydrogen-bond acceptors (Lipinski definition) is 5. The Balaban J connectivity index is 1.49. The summed E-state index contributed by atoms with van der Waals surface area (Å²) in [6.07, 6.45) is 2.79. The Bertz CT molecular complexity index is 1210. The van der Waals surface area contributed by atoms with E-state index in [-0.39, 0.29) is 29.8 Å². The maximum absolute atomic E-state index is 13.0. The summed E-state index contributed by atoms with van der Waals surface area (Å²) in [5, 5.41) is 5.22. The van der Waals surface area contributed by atoms with Crippen LogP contribution in [0.15, 0.2) is 67.0 Å².